The van der Waals surface area contributed by atoms with E-state index >= 15 is 0 Å². The minimum absolute atomic E-state index is 0.00161. The van der Waals surface area contributed by atoms with Crippen LogP contribution in [0, 0.1) is 0 Å². The summed E-state index contributed by atoms with van der Waals surface area (Å²) in [5.74, 6) is -2.60. The van der Waals surface area contributed by atoms with Crippen LogP contribution in [0.25, 0.3) is 0 Å². The van der Waals surface area contributed by atoms with Crippen molar-refractivity contribution in [1.82, 2.24) is 16.0 Å². The lowest BCUT2D eigenvalue weighted by Gasteiger charge is -2.13. The van der Waals surface area contributed by atoms with Gasteiger partial charge in [-0.1, -0.05) is 6.42 Å². The molecule has 9 N–H and O–H groups in total. The number of carboxylic acids is 2. The minimum Gasteiger partial charge on any atom is -0.481 e. The van der Waals surface area contributed by atoms with Crippen LogP contribution in [-0.4, -0.2) is 65.2 Å². The average molecular weight is 431 g/mol. The highest BCUT2D eigenvalue weighted by atomic mass is 16.4. The number of aliphatic carboxylic acids is 2. The van der Waals surface area contributed by atoms with E-state index in [1.54, 1.807) is 0 Å². The Morgan fingerprint density at radius 1 is 0.800 bits per heavy atom. The molecule has 0 aliphatic rings. The predicted molar refractivity (Wildman–Crippen MR) is 107 cm³/mol. The lowest BCUT2D eigenvalue weighted by Crippen LogP contribution is -2.43. The molecule has 4 amide bonds. The van der Waals surface area contributed by atoms with E-state index in [0.717, 1.165) is 0 Å². The van der Waals surface area contributed by atoms with Crippen molar-refractivity contribution in [2.45, 2.75) is 69.9 Å². The van der Waals surface area contributed by atoms with Gasteiger partial charge in [0.2, 0.25) is 11.8 Å². The third-order valence-corrected chi connectivity index (χ3v) is 4.14. The van der Waals surface area contributed by atoms with Crippen molar-refractivity contribution in [2.75, 3.05) is 13.1 Å². The van der Waals surface area contributed by atoms with E-state index < -0.39 is 30.1 Å². The zero-order valence-corrected chi connectivity index (χ0v) is 17.0. The number of carbonyl (C=O) groups excluding carboxylic acids is 3. The van der Waals surface area contributed by atoms with Gasteiger partial charge in [0.05, 0.1) is 0 Å². The van der Waals surface area contributed by atoms with E-state index in [4.69, 9.17) is 21.7 Å². The largest absolute Gasteiger partial charge is 0.481 e. The number of unbranched alkanes of at least 4 members (excludes halogenated alkanes) is 3. The second-order valence-electron chi connectivity index (χ2n) is 6.97. The zero-order chi connectivity index (χ0) is 22.9. The van der Waals surface area contributed by atoms with Gasteiger partial charge in [-0.2, -0.15) is 0 Å². The lowest BCUT2D eigenvalue weighted by atomic mass is 10.1. The smallest absolute Gasteiger partial charge is 0.326 e. The standard InChI is InChI=1S/C18H33N5O7/c19-12(10-14(24)21-8-4-1-2-7-16(26)27)11-15(25)22-9-5-3-6-13(17(28)29)23-18(20)30/h12-13H,1-11,19H2,(H,21,24)(H,22,25)(H,26,27)(H,28,29)(H3,20,23,30)/t12?,13-/m0/s1. The summed E-state index contributed by atoms with van der Waals surface area (Å²) in [5, 5.41) is 24.9. The van der Waals surface area contributed by atoms with Crippen LogP contribution >= 0.6 is 0 Å². The first-order chi connectivity index (χ1) is 14.1. The lowest BCUT2D eigenvalue weighted by molar-refractivity contribution is -0.139. The first-order valence-electron chi connectivity index (χ1n) is 9.91. The summed E-state index contributed by atoms with van der Waals surface area (Å²) in [7, 11) is 0. The molecule has 12 heteroatoms. The molecule has 12 nitrogen and oxygen atoms in total. The molecular formula is C18H33N5O7. The van der Waals surface area contributed by atoms with Crippen molar-refractivity contribution >= 4 is 29.8 Å². The van der Waals surface area contributed by atoms with Crippen molar-refractivity contribution in [1.29, 1.82) is 0 Å². The number of amides is 4. The van der Waals surface area contributed by atoms with Gasteiger partial charge in [0.1, 0.15) is 6.04 Å². The summed E-state index contributed by atoms with van der Waals surface area (Å²) < 4.78 is 0. The minimum atomic E-state index is -1.18. The highest BCUT2D eigenvalue weighted by molar-refractivity contribution is 5.81. The summed E-state index contributed by atoms with van der Waals surface area (Å²) in [4.78, 5) is 55.6. The van der Waals surface area contributed by atoms with E-state index in [1.807, 2.05) is 0 Å². The van der Waals surface area contributed by atoms with Crippen LogP contribution in [0.4, 0.5) is 4.79 Å². The number of carboxylic acid groups (broad SMARTS) is 2. The predicted octanol–water partition coefficient (Wildman–Crippen LogP) is -0.737. The fourth-order valence-electron chi connectivity index (χ4n) is 2.63. The number of nitrogens with two attached hydrogens (primary N) is 2. The number of hydrogen-bond acceptors (Lipinski definition) is 6. The Morgan fingerprint density at radius 3 is 1.80 bits per heavy atom. The number of urea groups is 1. The third kappa shape index (κ3) is 16.1. The summed E-state index contributed by atoms with van der Waals surface area (Å²) in [6, 6.07) is -2.61. The van der Waals surface area contributed by atoms with E-state index in [2.05, 4.69) is 16.0 Å². The molecule has 0 aromatic heterocycles. The van der Waals surface area contributed by atoms with Crippen LogP contribution in [0.1, 0.15) is 57.8 Å². The Balaban J connectivity index is 3.82. The summed E-state index contributed by atoms with van der Waals surface area (Å²) >= 11 is 0. The van der Waals surface area contributed by atoms with E-state index in [9.17, 15) is 24.0 Å². The van der Waals surface area contributed by atoms with Gasteiger partial charge in [-0.3, -0.25) is 14.4 Å². The Kier molecular flexibility index (Phi) is 14.4. The second kappa shape index (κ2) is 16.0. The number of primary amides is 1. The van der Waals surface area contributed by atoms with E-state index in [0.29, 0.717) is 45.2 Å². The quantitative estimate of drug-likeness (QED) is 0.145. The van der Waals surface area contributed by atoms with E-state index in [1.165, 1.54) is 0 Å². The van der Waals surface area contributed by atoms with Crippen molar-refractivity contribution in [2.24, 2.45) is 11.5 Å². The van der Waals surface area contributed by atoms with Crippen LogP contribution in [0.15, 0.2) is 0 Å². The Bertz CT molecular complexity index is 585. The molecule has 1 unspecified atom stereocenters. The maximum atomic E-state index is 11.8. The van der Waals surface area contributed by atoms with Crippen LogP contribution in [-0.2, 0) is 19.2 Å². The van der Waals surface area contributed by atoms with Gasteiger partial charge in [0.25, 0.3) is 0 Å². The Labute approximate surface area is 175 Å². The normalized spacial score (nSPS) is 12.4. The summed E-state index contributed by atoms with van der Waals surface area (Å²) in [6.45, 7) is 0.746. The molecule has 0 bridgehead atoms. The van der Waals surface area contributed by atoms with Crippen LogP contribution in [0.5, 0.6) is 0 Å². The topological polar surface area (TPSA) is 214 Å². The molecule has 30 heavy (non-hydrogen) atoms. The molecule has 0 saturated carbocycles. The number of hydrogen-bond donors (Lipinski definition) is 7. The molecule has 0 aliphatic carbocycles. The van der Waals surface area contributed by atoms with E-state index in [-0.39, 0.29) is 37.5 Å². The molecule has 2 atom stereocenters. The molecule has 0 radical (unpaired) electrons. The van der Waals surface area contributed by atoms with Gasteiger partial charge >= 0.3 is 18.0 Å². The van der Waals surface area contributed by atoms with Crippen molar-refractivity contribution in [3.05, 3.63) is 0 Å². The highest BCUT2D eigenvalue weighted by Crippen LogP contribution is 2.02. The monoisotopic (exact) mass is 431 g/mol. The molecule has 0 aromatic carbocycles. The SMILES string of the molecule is NC(=O)N[C@@H](CCCCNC(=O)CC(N)CC(=O)NCCCCCC(=O)O)C(=O)O. The van der Waals surface area contributed by atoms with Crippen molar-refractivity contribution in [3.8, 4) is 0 Å². The maximum absolute atomic E-state index is 11.8. The first kappa shape index (κ1) is 27.1. The summed E-state index contributed by atoms with van der Waals surface area (Å²) in [5.41, 5.74) is 10.7. The average Bonchev–Trinajstić information content (AvgIpc) is 2.62. The number of carbonyl (C=O) groups is 5. The molecule has 0 aromatic rings. The Hall–Kier alpha value is -2.89. The van der Waals surface area contributed by atoms with Gasteiger partial charge in [0.15, 0.2) is 0 Å². The molecule has 0 rings (SSSR count). The molecule has 0 fully saturated rings. The summed E-state index contributed by atoms with van der Waals surface area (Å²) in [6.07, 6.45) is 3.17. The van der Waals surface area contributed by atoms with Gasteiger partial charge < -0.3 is 37.6 Å². The van der Waals surface area contributed by atoms with Crippen LogP contribution < -0.4 is 27.4 Å². The number of nitrogens with one attached hydrogen (secondary N) is 3. The first-order valence-corrected chi connectivity index (χ1v) is 9.91. The molecular weight excluding hydrogens is 398 g/mol. The van der Waals surface area contributed by atoms with Gasteiger partial charge in [0, 0.05) is 38.4 Å². The third-order valence-electron chi connectivity index (χ3n) is 4.14. The fourth-order valence-corrected chi connectivity index (χ4v) is 2.63. The van der Waals surface area contributed by atoms with Crippen molar-refractivity contribution in [3.63, 3.8) is 0 Å². The molecule has 0 heterocycles. The highest BCUT2D eigenvalue weighted by Gasteiger charge is 2.18. The molecule has 0 aliphatic heterocycles. The molecule has 172 valence electrons. The zero-order valence-electron chi connectivity index (χ0n) is 17.0. The van der Waals surface area contributed by atoms with Gasteiger partial charge in [-0.25, -0.2) is 9.59 Å². The van der Waals surface area contributed by atoms with Gasteiger partial charge in [-0.15, -0.1) is 0 Å². The van der Waals surface area contributed by atoms with Gasteiger partial charge in [-0.05, 0) is 32.1 Å². The van der Waals surface area contributed by atoms with Crippen LogP contribution in [0.2, 0.25) is 0 Å². The van der Waals surface area contributed by atoms with Crippen molar-refractivity contribution < 1.29 is 34.2 Å². The second-order valence-corrected chi connectivity index (χ2v) is 6.97. The maximum Gasteiger partial charge on any atom is 0.326 e. The van der Waals surface area contributed by atoms with Crippen LogP contribution in [0.3, 0.4) is 0 Å². The number of rotatable bonds is 17. The molecule has 0 spiro atoms. The molecule has 0 saturated heterocycles. The fraction of sp³-hybridized carbons (Fsp3) is 0.722. The Morgan fingerprint density at radius 2 is 1.33 bits per heavy atom.